The van der Waals surface area contributed by atoms with E-state index in [0.29, 0.717) is 22.4 Å². The second kappa shape index (κ2) is 5.68. The number of halogens is 1. The molecule has 118 valence electrons. The number of hydrogen-bond donors (Lipinski definition) is 3. The van der Waals surface area contributed by atoms with E-state index in [1.54, 1.807) is 0 Å². The fraction of sp³-hybridized carbons (Fsp3) is 0.267. The third kappa shape index (κ3) is 2.80. The molecule has 4 rings (SSSR count). The van der Waals surface area contributed by atoms with Gasteiger partial charge in [-0.1, -0.05) is 17.7 Å². The Balaban J connectivity index is 1.85. The molecule has 1 fully saturated rings. The molecule has 8 heteroatoms. The number of ether oxygens (including phenoxy) is 1. The maximum atomic E-state index is 11.3. The Bertz CT molecular complexity index is 914. The van der Waals surface area contributed by atoms with Gasteiger partial charge in [0.15, 0.2) is 5.82 Å². The summed E-state index contributed by atoms with van der Waals surface area (Å²) in [6.07, 6.45) is 0.992. The molecule has 7 nitrogen and oxygen atoms in total. The van der Waals surface area contributed by atoms with E-state index in [2.05, 4.69) is 25.5 Å². The van der Waals surface area contributed by atoms with Crippen molar-refractivity contribution >= 4 is 22.4 Å². The number of pyridine rings is 1. The van der Waals surface area contributed by atoms with Crippen molar-refractivity contribution in [3.8, 4) is 17.4 Å². The first-order valence-electron chi connectivity index (χ1n) is 7.32. The van der Waals surface area contributed by atoms with E-state index in [9.17, 15) is 4.79 Å². The van der Waals surface area contributed by atoms with Crippen LogP contribution in [0.1, 0.15) is 6.42 Å². The number of aromatic nitrogens is 4. The number of benzene rings is 1. The van der Waals surface area contributed by atoms with Gasteiger partial charge < -0.3 is 10.1 Å². The SMILES string of the molecule is O=c1[nH]nc(-c2cc3ccc(Cl)cc3c(OC3CCNC3)n2)[nH]1. The minimum absolute atomic E-state index is 0.0677. The van der Waals surface area contributed by atoms with Crippen molar-refractivity contribution in [2.45, 2.75) is 12.5 Å². The molecule has 0 amide bonds. The highest BCUT2D eigenvalue weighted by molar-refractivity contribution is 6.31. The predicted octanol–water partition coefficient (Wildman–Crippen LogP) is 1.71. The number of rotatable bonds is 3. The van der Waals surface area contributed by atoms with Crippen molar-refractivity contribution in [1.82, 2.24) is 25.5 Å². The van der Waals surface area contributed by atoms with Gasteiger partial charge in [0.2, 0.25) is 5.88 Å². The Kier molecular flexibility index (Phi) is 3.51. The van der Waals surface area contributed by atoms with Crippen LogP contribution >= 0.6 is 11.6 Å². The van der Waals surface area contributed by atoms with E-state index in [0.717, 1.165) is 30.3 Å². The second-order valence-electron chi connectivity index (χ2n) is 5.44. The van der Waals surface area contributed by atoms with Crippen LogP contribution in [0.2, 0.25) is 5.02 Å². The summed E-state index contributed by atoms with van der Waals surface area (Å²) in [5.74, 6) is 0.874. The maximum Gasteiger partial charge on any atom is 0.340 e. The van der Waals surface area contributed by atoms with Gasteiger partial charge in [0.1, 0.15) is 11.8 Å². The molecule has 1 aliphatic rings. The largest absolute Gasteiger partial charge is 0.472 e. The van der Waals surface area contributed by atoms with E-state index >= 15 is 0 Å². The average Bonchev–Trinajstić information content (AvgIpc) is 3.19. The van der Waals surface area contributed by atoms with Gasteiger partial charge in [-0.05, 0) is 36.6 Å². The van der Waals surface area contributed by atoms with E-state index in [4.69, 9.17) is 16.3 Å². The first-order chi connectivity index (χ1) is 11.2. The lowest BCUT2D eigenvalue weighted by Gasteiger charge is -2.14. The summed E-state index contributed by atoms with van der Waals surface area (Å²) in [5.41, 5.74) is 0.166. The van der Waals surface area contributed by atoms with Crippen molar-refractivity contribution in [2.75, 3.05) is 13.1 Å². The van der Waals surface area contributed by atoms with E-state index in [1.165, 1.54) is 0 Å². The van der Waals surface area contributed by atoms with Crippen LogP contribution in [-0.4, -0.2) is 39.4 Å². The lowest BCUT2D eigenvalue weighted by Crippen LogP contribution is -2.20. The van der Waals surface area contributed by atoms with Crippen LogP contribution in [0.3, 0.4) is 0 Å². The number of fused-ring (bicyclic) bond motifs is 1. The molecule has 0 saturated carbocycles. The smallest absolute Gasteiger partial charge is 0.340 e. The van der Waals surface area contributed by atoms with E-state index < -0.39 is 0 Å². The van der Waals surface area contributed by atoms with Crippen LogP contribution in [0.5, 0.6) is 5.88 Å². The zero-order chi connectivity index (χ0) is 15.8. The molecule has 23 heavy (non-hydrogen) atoms. The van der Waals surface area contributed by atoms with Crippen LogP contribution in [-0.2, 0) is 0 Å². The molecule has 0 bridgehead atoms. The summed E-state index contributed by atoms with van der Waals surface area (Å²) in [6.45, 7) is 1.71. The summed E-state index contributed by atoms with van der Waals surface area (Å²) in [4.78, 5) is 18.4. The van der Waals surface area contributed by atoms with Gasteiger partial charge in [-0.25, -0.2) is 14.9 Å². The Labute approximate surface area is 136 Å². The van der Waals surface area contributed by atoms with Crippen molar-refractivity contribution in [2.24, 2.45) is 0 Å². The quantitative estimate of drug-likeness (QED) is 0.679. The fourth-order valence-corrected chi connectivity index (χ4v) is 2.85. The molecular formula is C15H14ClN5O2. The first kappa shape index (κ1) is 14.2. The summed E-state index contributed by atoms with van der Waals surface area (Å²) >= 11 is 6.11. The van der Waals surface area contributed by atoms with Gasteiger partial charge in [-0.15, -0.1) is 0 Å². The van der Waals surface area contributed by atoms with Crippen LogP contribution in [0.15, 0.2) is 29.1 Å². The minimum atomic E-state index is -0.375. The molecule has 1 atom stereocenters. The molecule has 1 saturated heterocycles. The van der Waals surface area contributed by atoms with Crippen molar-refractivity contribution in [1.29, 1.82) is 0 Å². The van der Waals surface area contributed by atoms with Crippen LogP contribution < -0.4 is 15.7 Å². The van der Waals surface area contributed by atoms with Gasteiger partial charge >= 0.3 is 5.69 Å². The van der Waals surface area contributed by atoms with Crippen LogP contribution in [0.25, 0.3) is 22.3 Å². The van der Waals surface area contributed by atoms with Crippen molar-refractivity contribution in [3.63, 3.8) is 0 Å². The Morgan fingerprint density at radius 2 is 2.22 bits per heavy atom. The summed E-state index contributed by atoms with van der Waals surface area (Å²) in [7, 11) is 0. The highest BCUT2D eigenvalue weighted by atomic mass is 35.5. The number of hydrogen-bond acceptors (Lipinski definition) is 5. The van der Waals surface area contributed by atoms with Gasteiger partial charge in [0.05, 0.1) is 0 Å². The standard InChI is InChI=1S/C15H14ClN5O2/c16-9-2-1-8-5-12(13-19-15(22)21-20-13)18-14(11(8)6-9)23-10-3-4-17-7-10/h1-2,5-6,10,17H,3-4,7H2,(H2,19,20,21,22). The fourth-order valence-electron chi connectivity index (χ4n) is 2.68. The topological polar surface area (TPSA) is 95.7 Å². The van der Waals surface area contributed by atoms with Gasteiger partial charge in [0, 0.05) is 17.0 Å². The molecule has 1 unspecified atom stereocenters. The maximum absolute atomic E-state index is 11.3. The Morgan fingerprint density at radius 1 is 1.30 bits per heavy atom. The zero-order valence-electron chi connectivity index (χ0n) is 12.1. The predicted molar refractivity (Wildman–Crippen MR) is 86.9 cm³/mol. The number of aromatic amines is 2. The first-order valence-corrected chi connectivity index (χ1v) is 7.69. The normalized spacial score (nSPS) is 17.7. The molecule has 3 aromatic rings. The molecule has 2 aromatic heterocycles. The summed E-state index contributed by atoms with van der Waals surface area (Å²) < 4.78 is 6.05. The van der Waals surface area contributed by atoms with Crippen molar-refractivity contribution < 1.29 is 4.74 Å². The Hall–Kier alpha value is -2.38. The summed E-state index contributed by atoms with van der Waals surface area (Å²) in [5, 5.41) is 11.9. The second-order valence-corrected chi connectivity index (χ2v) is 5.87. The number of H-pyrrole nitrogens is 2. The third-order valence-electron chi connectivity index (χ3n) is 3.80. The van der Waals surface area contributed by atoms with Gasteiger partial charge in [-0.2, -0.15) is 5.10 Å². The zero-order valence-corrected chi connectivity index (χ0v) is 12.9. The lowest BCUT2D eigenvalue weighted by molar-refractivity contribution is 0.217. The number of nitrogens with zero attached hydrogens (tertiary/aromatic N) is 2. The highest BCUT2D eigenvalue weighted by Crippen LogP contribution is 2.31. The molecule has 1 aliphatic heterocycles. The molecular weight excluding hydrogens is 318 g/mol. The number of nitrogens with one attached hydrogen (secondary N) is 3. The lowest BCUT2D eigenvalue weighted by atomic mass is 10.1. The monoisotopic (exact) mass is 331 g/mol. The molecule has 0 aliphatic carbocycles. The van der Waals surface area contributed by atoms with E-state index in [1.807, 2.05) is 24.3 Å². The molecule has 0 radical (unpaired) electrons. The highest BCUT2D eigenvalue weighted by Gasteiger charge is 2.19. The van der Waals surface area contributed by atoms with Crippen molar-refractivity contribution in [3.05, 3.63) is 39.8 Å². The molecule has 0 spiro atoms. The minimum Gasteiger partial charge on any atom is -0.472 e. The molecule has 3 heterocycles. The third-order valence-corrected chi connectivity index (χ3v) is 4.03. The summed E-state index contributed by atoms with van der Waals surface area (Å²) in [6, 6.07) is 7.38. The molecule has 1 aromatic carbocycles. The average molecular weight is 332 g/mol. The van der Waals surface area contributed by atoms with Gasteiger partial charge in [-0.3, -0.25) is 4.98 Å². The molecule has 3 N–H and O–H groups in total. The van der Waals surface area contributed by atoms with Gasteiger partial charge in [0.25, 0.3) is 0 Å². The van der Waals surface area contributed by atoms with E-state index in [-0.39, 0.29) is 11.8 Å². The van der Waals surface area contributed by atoms with Crippen LogP contribution in [0, 0.1) is 0 Å². The Morgan fingerprint density at radius 3 is 2.96 bits per heavy atom. The van der Waals surface area contributed by atoms with Crippen LogP contribution in [0.4, 0.5) is 0 Å².